The summed E-state index contributed by atoms with van der Waals surface area (Å²) in [6, 6.07) is 12.8. The van der Waals surface area contributed by atoms with Crippen molar-refractivity contribution < 1.29 is 13.2 Å². The van der Waals surface area contributed by atoms with E-state index in [1.807, 2.05) is 19.1 Å². The molecule has 5 nitrogen and oxygen atoms in total. The SMILES string of the molecule is CCNS(=O)(=O)c1ccc(C)c(C(=O)NC2CCCc3ccccc32)c1. The van der Waals surface area contributed by atoms with Gasteiger partial charge in [-0.3, -0.25) is 4.79 Å². The van der Waals surface area contributed by atoms with E-state index >= 15 is 0 Å². The summed E-state index contributed by atoms with van der Waals surface area (Å²) in [4.78, 5) is 13.0. The third kappa shape index (κ3) is 3.81. The molecule has 6 heteroatoms. The zero-order valence-electron chi connectivity index (χ0n) is 15.1. The van der Waals surface area contributed by atoms with Gasteiger partial charge in [-0.1, -0.05) is 37.3 Å². The molecule has 2 aromatic carbocycles. The van der Waals surface area contributed by atoms with Gasteiger partial charge < -0.3 is 5.32 Å². The van der Waals surface area contributed by atoms with Gasteiger partial charge in [-0.2, -0.15) is 0 Å². The van der Waals surface area contributed by atoms with Crippen LogP contribution in [0.2, 0.25) is 0 Å². The van der Waals surface area contributed by atoms with E-state index in [-0.39, 0.29) is 16.8 Å². The van der Waals surface area contributed by atoms with Gasteiger partial charge in [-0.15, -0.1) is 0 Å². The first-order valence-corrected chi connectivity index (χ1v) is 10.4. The second-order valence-corrected chi connectivity index (χ2v) is 8.36. The molecular weight excluding hydrogens is 348 g/mol. The Kier molecular flexibility index (Phi) is 5.44. The second-order valence-electron chi connectivity index (χ2n) is 6.60. The molecule has 26 heavy (non-hydrogen) atoms. The smallest absolute Gasteiger partial charge is 0.252 e. The maximum atomic E-state index is 12.9. The van der Waals surface area contributed by atoms with Crippen molar-refractivity contribution in [1.29, 1.82) is 0 Å². The van der Waals surface area contributed by atoms with Crippen molar-refractivity contribution in [3.05, 3.63) is 64.7 Å². The molecule has 0 aromatic heterocycles. The van der Waals surface area contributed by atoms with Crippen molar-refractivity contribution in [2.45, 2.75) is 44.0 Å². The van der Waals surface area contributed by atoms with Crippen molar-refractivity contribution in [1.82, 2.24) is 10.0 Å². The number of aryl methyl sites for hydroxylation is 2. The number of carbonyl (C=O) groups is 1. The molecule has 0 saturated carbocycles. The van der Waals surface area contributed by atoms with Crippen LogP contribution < -0.4 is 10.0 Å². The third-order valence-electron chi connectivity index (χ3n) is 4.77. The maximum absolute atomic E-state index is 12.9. The molecule has 1 aliphatic carbocycles. The van der Waals surface area contributed by atoms with E-state index in [9.17, 15) is 13.2 Å². The van der Waals surface area contributed by atoms with E-state index in [0.717, 1.165) is 30.4 Å². The highest BCUT2D eigenvalue weighted by Crippen LogP contribution is 2.30. The topological polar surface area (TPSA) is 75.3 Å². The van der Waals surface area contributed by atoms with E-state index in [1.54, 1.807) is 13.0 Å². The summed E-state index contributed by atoms with van der Waals surface area (Å²) in [5.41, 5.74) is 3.57. The number of rotatable bonds is 5. The highest BCUT2D eigenvalue weighted by molar-refractivity contribution is 7.89. The van der Waals surface area contributed by atoms with Crippen LogP contribution in [0.4, 0.5) is 0 Å². The summed E-state index contributed by atoms with van der Waals surface area (Å²) >= 11 is 0. The van der Waals surface area contributed by atoms with Gasteiger partial charge >= 0.3 is 0 Å². The highest BCUT2D eigenvalue weighted by Gasteiger charge is 2.23. The molecule has 138 valence electrons. The Hall–Kier alpha value is -2.18. The molecule has 1 atom stereocenters. The maximum Gasteiger partial charge on any atom is 0.252 e. The number of amides is 1. The van der Waals surface area contributed by atoms with Crippen LogP contribution in [0.3, 0.4) is 0 Å². The predicted octanol–water partition coefficient (Wildman–Crippen LogP) is 3.10. The van der Waals surface area contributed by atoms with Crippen LogP contribution in [0, 0.1) is 6.92 Å². The van der Waals surface area contributed by atoms with Crippen molar-refractivity contribution in [2.24, 2.45) is 0 Å². The van der Waals surface area contributed by atoms with Gasteiger partial charge in [0, 0.05) is 12.1 Å². The zero-order valence-corrected chi connectivity index (χ0v) is 15.9. The van der Waals surface area contributed by atoms with Crippen LogP contribution >= 0.6 is 0 Å². The summed E-state index contributed by atoms with van der Waals surface area (Å²) in [7, 11) is -3.59. The molecule has 1 unspecified atom stereocenters. The van der Waals surface area contributed by atoms with Crippen LogP contribution in [-0.4, -0.2) is 20.9 Å². The van der Waals surface area contributed by atoms with Crippen molar-refractivity contribution in [3.63, 3.8) is 0 Å². The number of hydrogen-bond donors (Lipinski definition) is 2. The minimum absolute atomic E-state index is 0.0409. The van der Waals surface area contributed by atoms with Crippen LogP contribution in [-0.2, 0) is 16.4 Å². The first-order valence-electron chi connectivity index (χ1n) is 8.91. The molecule has 1 amide bonds. The van der Waals surface area contributed by atoms with E-state index in [1.165, 1.54) is 17.7 Å². The van der Waals surface area contributed by atoms with E-state index in [4.69, 9.17) is 0 Å². The van der Waals surface area contributed by atoms with Crippen LogP contribution in [0.25, 0.3) is 0 Å². The fourth-order valence-electron chi connectivity index (χ4n) is 3.43. The van der Waals surface area contributed by atoms with Gasteiger partial charge in [0.25, 0.3) is 5.91 Å². The Morgan fingerprint density at radius 2 is 1.96 bits per heavy atom. The number of sulfonamides is 1. The first kappa shape index (κ1) is 18.6. The van der Waals surface area contributed by atoms with Crippen molar-refractivity contribution in [2.75, 3.05) is 6.54 Å². The lowest BCUT2D eigenvalue weighted by Gasteiger charge is -2.26. The highest BCUT2D eigenvalue weighted by atomic mass is 32.2. The summed E-state index contributed by atoms with van der Waals surface area (Å²) in [5, 5.41) is 3.09. The minimum atomic E-state index is -3.59. The van der Waals surface area contributed by atoms with Gasteiger partial charge in [-0.25, -0.2) is 13.1 Å². The quantitative estimate of drug-likeness (QED) is 0.847. The molecule has 1 aliphatic rings. The molecule has 2 N–H and O–H groups in total. The largest absolute Gasteiger partial charge is 0.345 e. The lowest BCUT2D eigenvalue weighted by Crippen LogP contribution is -2.31. The standard InChI is InChI=1S/C20H24N2O3S/c1-3-21-26(24,25)16-12-11-14(2)18(13-16)20(23)22-19-10-6-8-15-7-4-5-9-17(15)19/h4-5,7,9,11-13,19,21H,3,6,8,10H2,1-2H3,(H,22,23). The Labute approximate surface area is 154 Å². The molecule has 0 radical (unpaired) electrons. The average Bonchev–Trinajstić information content (AvgIpc) is 2.62. The predicted molar refractivity (Wildman–Crippen MR) is 102 cm³/mol. The first-order chi connectivity index (χ1) is 12.4. The van der Waals surface area contributed by atoms with Crippen LogP contribution in [0.1, 0.15) is 52.9 Å². The number of fused-ring (bicyclic) bond motifs is 1. The number of hydrogen-bond acceptors (Lipinski definition) is 3. The summed E-state index contributed by atoms with van der Waals surface area (Å²) in [5.74, 6) is -0.238. The molecule has 2 aromatic rings. The second kappa shape index (κ2) is 7.60. The molecule has 0 fully saturated rings. The van der Waals surface area contributed by atoms with E-state index < -0.39 is 10.0 Å². The summed E-state index contributed by atoms with van der Waals surface area (Å²) in [6.07, 6.45) is 2.94. The number of benzene rings is 2. The fraction of sp³-hybridized carbons (Fsp3) is 0.350. The molecular formula is C20H24N2O3S. The lowest BCUT2D eigenvalue weighted by atomic mass is 9.87. The zero-order chi connectivity index (χ0) is 18.7. The fourth-order valence-corrected chi connectivity index (χ4v) is 4.49. The number of carbonyl (C=O) groups excluding carboxylic acids is 1. The summed E-state index contributed by atoms with van der Waals surface area (Å²) < 4.78 is 26.9. The Balaban J connectivity index is 1.87. The molecule has 0 saturated heterocycles. The average molecular weight is 372 g/mol. The molecule has 0 bridgehead atoms. The Morgan fingerprint density at radius 1 is 1.19 bits per heavy atom. The number of nitrogens with one attached hydrogen (secondary N) is 2. The van der Waals surface area contributed by atoms with Crippen molar-refractivity contribution >= 4 is 15.9 Å². The van der Waals surface area contributed by atoms with E-state index in [2.05, 4.69) is 22.2 Å². The van der Waals surface area contributed by atoms with Gasteiger partial charge in [0.1, 0.15) is 0 Å². The van der Waals surface area contributed by atoms with Crippen LogP contribution in [0.5, 0.6) is 0 Å². The normalized spacial score (nSPS) is 16.8. The van der Waals surface area contributed by atoms with Gasteiger partial charge in [-0.05, 0) is 55.0 Å². The van der Waals surface area contributed by atoms with Gasteiger partial charge in [0.2, 0.25) is 10.0 Å². The lowest BCUT2D eigenvalue weighted by molar-refractivity contribution is 0.0932. The minimum Gasteiger partial charge on any atom is -0.345 e. The monoisotopic (exact) mass is 372 g/mol. The van der Waals surface area contributed by atoms with Crippen LogP contribution in [0.15, 0.2) is 47.4 Å². The van der Waals surface area contributed by atoms with E-state index in [0.29, 0.717) is 12.1 Å². The molecule has 3 rings (SSSR count). The third-order valence-corrected chi connectivity index (χ3v) is 6.32. The molecule has 0 heterocycles. The molecule has 0 aliphatic heterocycles. The van der Waals surface area contributed by atoms with Gasteiger partial charge in [0.05, 0.1) is 10.9 Å². The Bertz CT molecular complexity index is 922. The Morgan fingerprint density at radius 3 is 2.73 bits per heavy atom. The van der Waals surface area contributed by atoms with Gasteiger partial charge in [0.15, 0.2) is 0 Å². The van der Waals surface area contributed by atoms with Crippen molar-refractivity contribution in [3.8, 4) is 0 Å². The summed E-state index contributed by atoms with van der Waals surface area (Å²) in [6.45, 7) is 3.84. The molecule has 0 spiro atoms.